The van der Waals surface area contributed by atoms with Gasteiger partial charge in [-0.25, -0.2) is 0 Å². The Bertz CT molecular complexity index is 561. The van der Waals surface area contributed by atoms with Crippen molar-refractivity contribution in [2.45, 2.75) is 31.6 Å². The number of ether oxygens (including phenoxy) is 2. The van der Waals surface area contributed by atoms with Gasteiger partial charge in [0.05, 0.1) is 18.8 Å². The number of hydrogen-bond donors (Lipinski definition) is 1. The van der Waals surface area contributed by atoms with Crippen molar-refractivity contribution in [1.29, 1.82) is 0 Å². The van der Waals surface area contributed by atoms with Crippen LogP contribution in [0.3, 0.4) is 0 Å². The van der Waals surface area contributed by atoms with Gasteiger partial charge in [0.15, 0.2) is 6.10 Å². The molecule has 1 aromatic rings. The lowest BCUT2D eigenvalue weighted by Gasteiger charge is -2.27. The Morgan fingerprint density at radius 2 is 2.26 bits per heavy atom. The third-order valence-electron chi connectivity index (χ3n) is 3.59. The highest BCUT2D eigenvalue weighted by Crippen LogP contribution is 2.20. The molecule has 5 nitrogen and oxygen atoms in total. The summed E-state index contributed by atoms with van der Waals surface area (Å²) < 4.78 is 10.8. The van der Waals surface area contributed by atoms with E-state index in [0.717, 1.165) is 5.56 Å². The van der Waals surface area contributed by atoms with Crippen LogP contribution in [0.1, 0.15) is 12.5 Å². The molecule has 0 saturated carbocycles. The molecule has 1 fully saturated rings. The van der Waals surface area contributed by atoms with Crippen LogP contribution in [-0.2, 0) is 20.7 Å². The van der Waals surface area contributed by atoms with Gasteiger partial charge in [-0.1, -0.05) is 36.4 Å². The number of carbonyl (C=O) groups is 1. The molecule has 124 valence electrons. The summed E-state index contributed by atoms with van der Waals surface area (Å²) in [4.78, 5) is 14.2. The number of nitrogens with zero attached hydrogens (tertiary/aromatic N) is 1. The zero-order valence-electron chi connectivity index (χ0n) is 13.1. The Morgan fingerprint density at radius 3 is 2.87 bits per heavy atom. The number of aliphatic hydroxyl groups excluding tert-OH is 1. The Hall–Kier alpha value is -1.76. The first-order chi connectivity index (χ1) is 11.0. The minimum absolute atomic E-state index is 0.129. The van der Waals surface area contributed by atoms with Crippen LogP contribution in [0, 0.1) is 0 Å². The normalized spacial score (nSPS) is 20.0. The van der Waals surface area contributed by atoms with Crippen LogP contribution in [0.2, 0.25) is 0 Å². The maximum Gasteiger partial charge on any atom is 0.266 e. The largest absolute Gasteiger partial charge is 0.468 e. The second-order valence-corrected chi connectivity index (χ2v) is 5.76. The number of hydrogen-bond acceptors (Lipinski definition) is 5. The van der Waals surface area contributed by atoms with E-state index in [4.69, 9.17) is 21.7 Å². The van der Waals surface area contributed by atoms with Crippen molar-refractivity contribution >= 4 is 23.3 Å². The first-order valence-corrected chi connectivity index (χ1v) is 7.89. The van der Waals surface area contributed by atoms with Gasteiger partial charge in [-0.15, -0.1) is 6.58 Å². The molecule has 3 atom stereocenters. The quantitative estimate of drug-likeness (QED) is 0.607. The van der Waals surface area contributed by atoms with E-state index in [2.05, 4.69) is 6.58 Å². The van der Waals surface area contributed by atoms with Crippen molar-refractivity contribution in [1.82, 2.24) is 4.90 Å². The SMILES string of the molecule is C=CCO[C@@H](C(=O)N1C(=S)OC[C@@H]1Cc1ccccc1)[C@@H](C)O. The predicted molar refractivity (Wildman–Crippen MR) is 90.9 cm³/mol. The maximum absolute atomic E-state index is 12.7. The molecule has 0 bridgehead atoms. The fourth-order valence-corrected chi connectivity index (χ4v) is 2.80. The third-order valence-corrected chi connectivity index (χ3v) is 3.90. The molecule has 1 saturated heterocycles. The van der Waals surface area contributed by atoms with Gasteiger partial charge >= 0.3 is 0 Å². The molecule has 23 heavy (non-hydrogen) atoms. The van der Waals surface area contributed by atoms with E-state index < -0.39 is 12.2 Å². The van der Waals surface area contributed by atoms with Gasteiger partial charge in [0.1, 0.15) is 6.61 Å². The second-order valence-electron chi connectivity index (χ2n) is 5.41. The minimum atomic E-state index is -0.995. The Morgan fingerprint density at radius 1 is 1.57 bits per heavy atom. The van der Waals surface area contributed by atoms with E-state index in [1.165, 1.54) is 17.9 Å². The average molecular weight is 335 g/mol. The fourth-order valence-electron chi connectivity index (χ4n) is 2.49. The summed E-state index contributed by atoms with van der Waals surface area (Å²) in [6.45, 7) is 5.58. The standard InChI is InChI=1S/C17H21NO4S/c1-3-9-21-15(12(2)19)16(20)18-14(11-22-17(18)23)10-13-7-5-4-6-8-13/h3-8,12,14-15,19H,1,9-11H2,2H3/t12-,14+,15-/m1/s1. The molecule has 1 heterocycles. The van der Waals surface area contributed by atoms with Crippen LogP contribution in [0.5, 0.6) is 0 Å². The summed E-state index contributed by atoms with van der Waals surface area (Å²) in [7, 11) is 0. The highest BCUT2D eigenvalue weighted by atomic mass is 32.1. The van der Waals surface area contributed by atoms with Gasteiger partial charge in [0.2, 0.25) is 0 Å². The number of amides is 1. The van der Waals surface area contributed by atoms with E-state index in [9.17, 15) is 9.90 Å². The number of aliphatic hydroxyl groups is 1. The summed E-state index contributed by atoms with van der Waals surface area (Å²) in [5, 5.41) is 9.97. The summed E-state index contributed by atoms with van der Waals surface area (Å²) in [6.07, 6.45) is 0.207. The van der Waals surface area contributed by atoms with E-state index in [-0.39, 0.29) is 23.7 Å². The lowest BCUT2D eigenvalue weighted by Crippen LogP contribution is -2.49. The molecule has 2 rings (SSSR count). The fraction of sp³-hybridized carbons (Fsp3) is 0.412. The first-order valence-electron chi connectivity index (χ1n) is 7.49. The zero-order valence-corrected chi connectivity index (χ0v) is 13.9. The van der Waals surface area contributed by atoms with Crippen molar-refractivity contribution in [3.63, 3.8) is 0 Å². The van der Waals surface area contributed by atoms with Gasteiger partial charge in [0.25, 0.3) is 11.1 Å². The molecule has 0 unspecified atom stereocenters. The lowest BCUT2D eigenvalue weighted by molar-refractivity contribution is -0.146. The van der Waals surface area contributed by atoms with Gasteiger partial charge < -0.3 is 14.6 Å². The van der Waals surface area contributed by atoms with Crippen LogP contribution in [0.25, 0.3) is 0 Å². The summed E-state index contributed by atoms with van der Waals surface area (Å²) in [6, 6.07) is 9.61. The molecule has 0 aromatic heterocycles. The number of rotatable bonds is 7. The number of benzene rings is 1. The highest BCUT2D eigenvalue weighted by molar-refractivity contribution is 7.80. The van der Waals surface area contributed by atoms with E-state index in [1.807, 2.05) is 30.3 Å². The van der Waals surface area contributed by atoms with Gasteiger partial charge in [-0.2, -0.15) is 0 Å². The summed E-state index contributed by atoms with van der Waals surface area (Å²) >= 11 is 5.15. The van der Waals surface area contributed by atoms with Gasteiger partial charge in [-0.05, 0) is 31.1 Å². The summed E-state index contributed by atoms with van der Waals surface area (Å²) in [5.41, 5.74) is 1.09. The Balaban J connectivity index is 2.14. The van der Waals surface area contributed by atoms with Gasteiger partial charge in [0, 0.05) is 0 Å². The molecule has 6 heteroatoms. The van der Waals surface area contributed by atoms with Crippen molar-refractivity contribution < 1.29 is 19.4 Å². The van der Waals surface area contributed by atoms with Crippen LogP contribution >= 0.6 is 12.2 Å². The van der Waals surface area contributed by atoms with Crippen molar-refractivity contribution in [2.75, 3.05) is 13.2 Å². The minimum Gasteiger partial charge on any atom is -0.468 e. The zero-order chi connectivity index (χ0) is 16.8. The molecule has 0 spiro atoms. The molecule has 1 amide bonds. The van der Waals surface area contributed by atoms with Crippen LogP contribution < -0.4 is 0 Å². The number of thiocarbonyl (C=S) groups is 1. The average Bonchev–Trinajstić information content (AvgIpc) is 2.88. The van der Waals surface area contributed by atoms with E-state index in [1.54, 1.807) is 0 Å². The molecule has 1 aliphatic heterocycles. The Kier molecular flexibility index (Phi) is 6.27. The van der Waals surface area contributed by atoms with Gasteiger partial charge in [-0.3, -0.25) is 9.69 Å². The molecule has 1 N–H and O–H groups in total. The molecule has 1 aliphatic rings. The Labute approximate surface area is 141 Å². The van der Waals surface area contributed by atoms with E-state index >= 15 is 0 Å². The third kappa shape index (κ3) is 4.37. The molecule has 0 aliphatic carbocycles. The molecule has 0 radical (unpaired) electrons. The predicted octanol–water partition coefficient (Wildman–Crippen LogP) is 1.69. The van der Waals surface area contributed by atoms with Crippen LogP contribution in [0.15, 0.2) is 43.0 Å². The molecule has 1 aromatic carbocycles. The van der Waals surface area contributed by atoms with Crippen LogP contribution in [0.4, 0.5) is 0 Å². The topological polar surface area (TPSA) is 59.0 Å². The number of carbonyl (C=O) groups excluding carboxylic acids is 1. The van der Waals surface area contributed by atoms with Crippen molar-refractivity contribution in [3.05, 3.63) is 48.6 Å². The summed E-state index contributed by atoms with van der Waals surface area (Å²) in [5.74, 6) is -0.384. The van der Waals surface area contributed by atoms with Crippen LogP contribution in [-0.4, -0.2) is 52.6 Å². The van der Waals surface area contributed by atoms with E-state index in [0.29, 0.717) is 13.0 Å². The second kappa shape index (κ2) is 8.19. The first kappa shape index (κ1) is 17.6. The molecular formula is C17H21NO4S. The monoisotopic (exact) mass is 335 g/mol. The molecular weight excluding hydrogens is 314 g/mol. The van der Waals surface area contributed by atoms with Crippen molar-refractivity contribution in [2.24, 2.45) is 0 Å². The smallest absolute Gasteiger partial charge is 0.266 e. The lowest BCUT2D eigenvalue weighted by atomic mass is 10.0. The van der Waals surface area contributed by atoms with Crippen molar-refractivity contribution in [3.8, 4) is 0 Å². The maximum atomic E-state index is 12.7. The highest BCUT2D eigenvalue weighted by Gasteiger charge is 2.40.